The molecule has 6 heteroatoms. The number of benzene rings is 2. The van der Waals surface area contributed by atoms with Gasteiger partial charge in [0.1, 0.15) is 17.6 Å². The summed E-state index contributed by atoms with van der Waals surface area (Å²) in [6.07, 6.45) is 5.51. The molecule has 1 fully saturated rings. The summed E-state index contributed by atoms with van der Waals surface area (Å²) < 4.78 is 2.06. The van der Waals surface area contributed by atoms with E-state index in [0.29, 0.717) is 25.2 Å². The van der Waals surface area contributed by atoms with Gasteiger partial charge < -0.3 is 14.4 Å². The Bertz CT molecular complexity index is 1090. The third kappa shape index (κ3) is 4.05. The van der Waals surface area contributed by atoms with Crippen molar-refractivity contribution in [2.24, 2.45) is 0 Å². The van der Waals surface area contributed by atoms with Gasteiger partial charge in [0.2, 0.25) is 5.91 Å². The fourth-order valence-electron chi connectivity index (χ4n) is 4.78. The molecule has 0 N–H and O–H groups in total. The number of hydrogen-bond donors (Lipinski definition) is 0. The summed E-state index contributed by atoms with van der Waals surface area (Å²) in [5.74, 6) is 0.841. The number of rotatable bonds is 4. The second-order valence-corrected chi connectivity index (χ2v) is 8.59. The van der Waals surface area contributed by atoms with Crippen LogP contribution >= 0.6 is 0 Å². The van der Waals surface area contributed by atoms with Crippen LogP contribution in [0.25, 0.3) is 0 Å². The van der Waals surface area contributed by atoms with Crippen LogP contribution in [0.1, 0.15) is 52.7 Å². The van der Waals surface area contributed by atoms with Crippen molar-refractivity contribution >= 4 is 11.8 Å². The topological polar surface area (TPSA) is 58.4 Å². The molecule has 2 amide bonds. The molecule has 32 heavy (non-hydrogen) atoms. The van der Waals surface area contributed by atoms with Gasteiger partial charge in [-0.05, 0) is 30.4 Å². The van der Waals surface area contributed by atoms with Crippen molar-refractivity contribution in [3.05, 3.63) is 89.5 Å². The van der Waals surface area contributed by atoms with Gasteiger partial charge >= 0.3 is 0 Å². The van der Waals surface area contributed by atoms with E-state index in [1.165, 1.54) is 6.42 Å². The van der Waals surface area contributed by atoms with Crippen LogP contribution in [-0.4, -0.2) is 50.8 Å². The molecule has 164 valence electrons. The predicted molar refractivity (Wildman–Crippen MR) is 122 cm³/mol. The minimum Gasteiger partial charge on any atom is -0.337 e. The lowest BCUT2D eigenvalue weighted by Gasteiger charge is -2.36. The largest absolute Gasteiger partial charge is 0.337 e. The lowest BCUT2D eigenvalue weighted by Crippen LogP contribution is -2.43. The molecule has 0 radical (unpaired) electrons. The van der Waals surface area contributed by atoms with Gasteiger partial charge in [-0.25, -0.2) is 4.98 Å². The highest BCUT2D eigenvalue weighted by atomic mass is 16.2. The van der Waals surface area contributed by atoms with Crippen molar-refractivity contribution in [3.63, 3.8) is 0 Å². The number of amides is 2. The second-order valence-electron chi connectivity index (χ2n) is 8.59. The molecule has 0 aliphatic carbocycles. The quantitative estimate of drug-likeness (QED) is 0.637. The van der Waals surface area contributed by atoms with Gasteiger partial charge in [-0.15, -0.1) is 0 Å². The first kappa shape index (κ1) is 20.5. The van der Waals surface area contributed by atoms with Gasteiger partial charge in [0, 0.05) is 32.4 Å². The molecule has 0 saturated carbocycles. The van der Waals surface area contributed by atoms with Crippen LogP contribution in [0.15, 0.2) is 66.9 Å². The molecule has 0 spiro atoms. The van der Waals surface area contributed by atoms with Crippen molar-refractivity contribution in [1.82, 2.24) is 19.4 Å². The molecule has 1 unspecified atom stereocenters. The maximum Gasteiger partial charge on any atom is 0.274 e. The van der Waals surface area contributed by atoms with Crippen molar-refractivity contribution in [3.8, 4) is 0 Å². The monoisotopic (exact) mass is 428 g/mol. The first-order valence-corrected chi connectivity index (χ1v) is 11.5. The number of piperidine rings is 1. The summed E-state index contributed by atoms with van der Waals surface area (Å²) in [6.45, 7) is 2.82. The van der Waals surface area contributed by atoms with Crippen LogP contribution in [0.5, 0.6) is 0 Å². The van der Waals surface area contributed by atoms with E-state index in [1.807, 2.05) is 76.7 Å². The SMILES string of the molecule is O=C(c1cn2c(n1)C(c1ccccc1)N(C(=O)Cc1ccccc1)CC2)N1CCCCC1. The molecule has 1 saturated heterocycles. The second kappa shape index (κ2) is 8.99. The summed E-state index contributed by atoms with van der Waals surface area (Å²) >= 11 is 0. The molecule has 3 aromatic rings. The van der Waals surface area contributed by atoms with Gasteiger partial charge in [-0.3, -0.25) is 9.59 Å². The highest BCUT2D eigenvalue weighted by Crippen LogP contribution is 2.32. The number of imidazole rings is 1. The smallest absolute Gasteiger partial charge is 0.274 e. The lowest BCUT2D eigenvalue weighted by atomic mass is 10.0. The van der Waals surface area contributed by atoms with Crippen molar-refractivity contribution in [2.45, 2.75) is 38.3 Å². The van der Waals surface area contributed by atoms with Gasteiger partial charge in [0.25, 0.3) is 5.91 Å². The number of carbonyl (C=O) groups is 2. The van der Waals surface area contributed by atoms with E-state index >= 15 is 0 Å². The van der Waals surface area contributed by atoms with Crippen LogP contribution in [0.2, 0.25) is 0 Å². The molecule has 2 aliphatic heterocycles. The van der Waals surface area contributed by atoms with Crippen molar-refractivity contribution < 1.29 is 9.59 Å². The highest BCUT2D eigenvalue weighted by Gasteiger charge is 2.35. The maximum atomic E-state index is 13.4. The zero-order valence-corrected chi connectivity index (χ0v) is 18.2. The fraction of sp³-hybridized carbons (Fsp3) is 0.346. The first-order chi connectivity index (χ1) is 15.7. The Morgan fingerprint density at radius 2 is 1.53 bits per heavy atom. The Labute approximate surface area is 188 Å². The minimum atomic E-state index is -0.302. The average molecular weight is 429 g/mol. The van der Waals surface area contributed by atoms with Gasteiger partial charge in [0.05, 0.1) is 6.42 Å². The minimum absolute atomic E-state index is 0.000531. The Balaban J connectivity index is 1.47. The number of likely N-dealkylation sites (tertiary alicyclic amines) is 1. The number of fused-ring (bicyclic) bond motifs is 1. The highest BCUT2D eigenvalue weighted by molar-refractivity contribution is 5.92. The van der Waals surface area contributed by atoms with E-state index in [0.717, 1.165) is 42.9 Å². The predicted octanol–water partition coefficient (Wildman–Crippen LogP) is 3.68. The van der Waals surface area contributed by atoms with E-state index in [-0.39, 0.29) is 17.9 Å². The number of hydrogen-bond acceptors (Lipinski definition) is 3. The molecule has 3 heterocycles. The Morgan fingerprint density at radius 1 is 0.844 bits per heavy atom. The fourth-order valence-corrected chi connectivity index (χ4v) is 4.78. The normalized spacial score (nSPS) is 18.3. The van der Waals surface area contributed by atoms with Crippen LogP contribution in [0.3, 0.4) is 0 Å². The van der Waals surface area contributed by atoms with Crippen LogP contribution in [0.4, 0.5) is 0 Å². The Morgan fingerprint density at radius 3 is 2.25 bits per heavy atom. The molecule has 1 aromatic heterocycles. The maximum absolute atomic E-state index is 13.4. The van der Waals surface area contributed by atoms with E-state index < -0.39 is 0 Å². The van der Waals surface area contributed by atoms with E-state index in [4.69, 9.17) is 4.98 Å². The summed E-state index contributed by atoms with van der Waals surface area (Å²) in [5, 5.41) is 0. The summed E-state index contributed by atoms with van der Waals surface area (Å²) in [7, 11) is 0. The zero-order valence-electron chi connectivity index (χ0n) is 18.2. The molecule has 5 rings (SSSR count). The summed E-state index contributed by atoms with van der Waals surface area (Å²) in [4.78, 5) is 35.1. The zero-order chi connectivity index (χ0) is 21.9. The van der Waals surface area contributed by atoms with Gasteiger partial charge in [0.15, 0.2) is 0 Å². The Kier molecular flexibility index (Phi) is 5.75. The van der Waals surface area contributed by atoms with Gasteiger partial charge in [-0.1, -0.05) is 60.7 Å². The van der Waals surface area contributed by atoms with E-state index in [2.05, 4.69) is 4.57 Å². The van der Waals surface area contributed by atoms with Crippen molar-refractivity contribution in [1.29, 1.82) is 0 Å². The van der Waals surface area contributed by atoms with Gasteiger partial charge in [-0.2, -0.15) is 0 Å². The standard InChI is InChI=1S/C26H28N4O2/c31-23(18-20-10-4-1-5-11-20)30-17-16-29-19-22(26(32)28-14-8-3-9-15-28)27-25(29)24(30)21-12-6-2-7-13-21/h1-2,4-7,10-13,19,24H,3,8-9,14-18H2. The number of carbonyl (C=O) groups excluding carboxylic acids is 2. The molecule has 2 aliphatic rings. The molecule has 0 bridgehead atoms. The van der Waals surface area contributed by atoms with Crippen LogP contribution in [0, 0.1) is 0 Å². The molecule has 1 atom stereocenters. The van der Waals surface area contributed by atoms with Crippen LogP contribution < -0.4 is 0 Å². The summed E-state index contributed by atoms with van der Waals surface area (Å²) in [6, 6.07) is 19.5. The van der Waals surface area contributed by atoms with Crippen LogP contribution in [-0.2, 0) is 17.8 Å². The Hall–Kier alpha value is -3.41. The number of aromatic nitrogens is 2. The molecular weight excluding hydrogens is 400 g/mol. The van der Waals surface area contributed by atoms with E-state index in [9.17, 15) is 9.59 Å². The molecule has 6 nitrogen and oxygen atoms in total. The molecular formula is C26H28N4O2. The third-order valence-corrected chi connectivity index (χ3v) is 6.44. The average Bonchev–Trinajstić information content (AvgIpc) is 3.29. The number of nitrogens with zero attached hydrogens (tertiary/aromatic N) is 4. The first-order valence-electron chi connectivity index (χ1n) is 11.5. The lowest BCUT2D eigenvalue weighted by molar-refractivity contribution is -0.133. The summed E-state index contributed by atoms with van der Waals surface area (Å²) in [5.41, 5.74) is 2.50. The van der Waals surface area contributed by atoms with E-state index in [1.54, 1.807) is 0 Å². The van der Waals surface area contributed by atoms with Crippen molar-refractivity contribution in [2.75, 3.05) is 19.6 Å². The third-order valence-electron chi connectivity index (χ3n) is 6.44. The molecule has 2 aromatic carbocycles.